The van der Waals surface area contributed by atoms with Gasteiger partial charge in [-0.15, -0.1) is 0 Å². The van der Waals surface area contributed by atoms with Crippen molar-refractivity contribution in [3.8, 4) is 119 Å². The van der Waals surface area contributed by atoms with E-state index in [0.717, 1.165) is 192 Å². The Kier molecular flexibility index (Phi) is 25.6. The minimum Gasteiger partial charge on any atom is -0.495 e. The lowest BCUT2D eigenvalue weighted by Crippen LogP contribution is -2.41. The quantitative estimate of drug-likeness (QED) is 0.0487. The minimum absolute atomic E-state index is 0.0801. The number of methoxy groups -OCH3 is 1. The van der Waals surface area contributed by atoms with Gasteiger partial charge in [-0.1, -0.05) is 190 Å². The molecule has 2 N–H and O–H groups in total. The van der Waals surface area contributed by atoms with E-state index < -0.39 is 0 Å². The number of aromatic nitrogens is 14. The van der Waals surface area contributed by atoms with Crippen LogP contribution >= 0.6 is 31.9 Å². The highest BCUT2D eigenvalue weighted by Crippen LogP contribution is 2.39. The van der Waals surface area contributed by atoms with E-state index in [1.165, 1.54) is 0 Å². The second kappa shape index (κ2) is 39.1. The molecule has 0 unspecified atom stereocenters. The van der Waals surface area contributed by atoms with Crippen LogP contribution in [-0.4, -0.2) is 101 Å². The van der Waals surface area contributed by atoms with Gasteiger partial charge in [0.25, 0.3) is 0 Å². The van der Waals surface area contributed by atoms with E-state index in [4.69, 9.17) is 64.6 Å². The maximum absolute atomic E-state index is 11.6. The van der Waals surface area contributed by atoms with Gasteiger partial charge in [0.15, 0.2) is 17.4 Å². The Morgan fingerprint density at radius 2 is 0.689 bits per heavy atom. The Bertz CT molecular complexity index is 8020. The number of nitrogens with zero attached hydrogens (tertiary/aromatic N) is 14. The van der Waals surface area contributed by atoms with E-state index in [1.54, 1.807) is 75.9 Å². The van der Waals surface area contributed by atoms with Crippen LogP contribution in [0.5, 0.6) is 5.75 Å². The van der Waals surface area contributed by atoms with Crippen molar-refractivity contribution in [3.63, 3.8) is 0 Å². The Morgan fingerprint density at radius 1 is 0.311 bits per heavy atom. The van der Waals surface area contributed by atoms with Gasteiger partial charge >= 0.3 is 7.12 Å². The maximum atomic E-state index is 11.6. The molecular formula is C113H84BBr2N15O4. The van der Waals surface area contributed by atoms with Crippen molar-refractivity contribution in [2.24, 2.45) is 0 Å². The Labute approximate surface area is 796 Å². The van der Waals surface area contributed by atoms with Gasteiger partial charge in [-0.2, -0.15) is 0 Å². The first-order valence-corrected chi connectivity index (χ1v) is 45.3. The molecule has 0 amide bonds. The Hall–Kier alpha value is -16.1. The smallest absolute Gasteiger partial charge is 0.494 e. The normalized spacial score (nSPS) is 12.4. The molecule has 1 aliphatic heterocycles. The number of pyridine rings is 10. The first-order chi connectivity index (χ1) is 65.8. The van der Waals surface area contributed by atoms with Crippen molar-refractivity contribution in [2.45, 2.75) is 45.8 Å². The molecule has 10 aromatic carbocycles. The highest BCUT2D eigenvalue weighted by atomic mass is 79.9. The zero-order chi connectivity index (χ0) is 92.5. The maximum Gasteiger partial charge on any atom is 0.494 e. The third-order valence-electron chi connectivity index (χ3n) is 23.7. The molecule has 0 spiro atoms. The fourth-order valence-corrected chi connectivity index (χ4v) is 16.4. The van der Waals surface area contributed by atoms with E-state index in [1.807, 2.05) is 194 Å². The number of ketones is 1. The van der Waals surface area contributed by atoms with E-state index in [-0.39, 0.29) is 24.1 Å². The number of carbonyl (C=O) groups is 1. The van der Waals surface area contributed by atoms with Crippen LogP contribution in [0.25, 0.3) is 189 Å². The van der Waals surface area contributed by atoms with Gasteiger partial charge in [0.2, 0.25) is 0 Å². The Morgan fingerprint density at radius 3 is 1.17 bits per heavy atom. The fraction of sp³-hybridized carbons (Fsp3) is 0.0708. The van der Waals surface area contributed by atoms with Crippen molar-refractivity contribution < 1.29 is 18.8 Å². The van der Waals surface area contributed by atoms with E-state index in [2.05, 4.69) is 218 Å². The zero-order valence-electron chi connectivity index (χ0n) is 74.3. The van der Waals surface area contributed by atoms with E-state index in [9.17, 15) is 4.79 Å². The second-order valence-electron chi connectivity index (χ2n) is 33.2. The van der Waals surface area contributed by atoms with Crippen molar-refractivity contribution in [3.05, 3.63) is 404 Å². The van der Waals surface area contributed by atoms with Crippen molar-refractivity contribution in [1.29, 1.82) is 0 Å². The number of ether oxygens (including phenoxy) is 1. The van der Waals surface area contributed by atoms with Crippen LogP contribution in [0.15, 0.2) is 398 Å². The van der Waals surface area contributed by atoms with Crippen LogP contribution in [0.1, 0.15) is 45.0 Å². The summed E-state index contributed by atoms with van der Waals surface area (Å²) in [5.41, 5.74) is 29.5. The van der Waals surface area contributed by atoms with Crippen molar-refractivity contribution >= 4 is 132 Å². The summed E-state index contributed by atoms with van der Waals surface area (Å²) in [7, 11) is 1.25. The first kappa shape index (κ1) is 88.2. The number of hydrogen-bond acceptors (Lipinski definition) is 19. The molecule has 19 nitrogen and oxygen atoms in total. The summed E-state index contributed by atoms with van der Waals surface area (Å²) in [6.45, 7) is 9.87. The highest BCUT2D eigenvalue weighted by molar-refractivity contribution is 9.10. The third kappa shape index (κ3) is 20.1. The number of halogens is 2. The third-order valence-corrected chi connectivity index (χ3v) is 24.6. The summed E-state index contributed by atoms with van der Waals surface area (Å²) in [4.78, 5) is 76.8. The molecule has 1 aliphatic rings. The number of hydrogen-bond donors (Lipinski definition) is 1. The molecule has 0 radical (unpaired) electrons. The van der Waals surface area contributed by atoms with Gasteiger partial charge in [0.05, 0.1) is 97.0 Å². The van der Waals surface area contributed by atoms with Gasteiger partial charge in [0.1, 0.15) is 17.1 Å². The molecule has 22 heteroatoms. The SMILES string of the molecule is Brc1ccc2nc(-c3nc(-c4cccnc4)cc(-c4cccnc4)n3)ccc2c1.CC(=O)c1ccc2cc(-c3ccc4ccc5cccnc5c4n3)ccc2c1.CC1(C)OB(c2ccc3nc(-c4ccccc4)ccc3c2)OC1(C)C.COc1cc(Br)ccc1N.c1ccc(-c2ccc3cc(-c4ccc5nc(-c6nc(-c7cccnc7)cc(-c7cccnc7)n6)ccc5c4)ccc3n2)cc1. The summed E-state index contributed by atoms with van der Waals surface area (Å²) >= 11 is 6.80. The second-order valence-corrected chi connectivity index (χ2v) is 35.1. The number of anilines is 1. The van der Waals surface area contributed by atoms with Crippen molar-refractivity contribution in [2.75, 3.05) is 12.8 Å². The fourth-order valence-electron chi connectivity index (χ4n) is 15.7. The standard InChI is InChI=1S/C38H24N6.C24H16N2O.C23H14BrN5.C21H22BNO2.C7H8BrNO/c1-2-6-25(7-3-1)32-16-12-28-20-26(10-14-33(28)41-32)27-11-15-34-29(21-27)13-17-35(42-34)38-43-36(30-8-4-18-39-23-30)22-37(44-38)31-9-5-19-40-24-31;1-15(27)18-6-7-20-14-21(9-8-19(20)13-18)22-11-10-17-5-4-16-3-2-12-25-23(16)24(17)26-22;24-18-6-8-19-15(11-18)5-7-20(27-19)23-28-21(16-3-1-9-25-13-16)12-22(29-23)17-4-2-10-26-14-17;1-20(2)21(3,4)25-22(24-20)17-11-13-19-16(14-17)10-12-18(23-19)15-8-6-5-7-9-15;1-10-7-4-5(8)2-3-6(7)9/h1-24H;2-14H,1H3;1-14H;5-14H,1-4H3;2-4H,9H2,1H3. The van der Waals surface area contributed by atoms with Gasteiger partial charge in [-0.3, -0.25) is 29.7 Å². The molecule has 0 bridgehead atoms. The molecule has 1 fully saturated rings. The molecule has 23 rings (SSSR count). The highest BCUT2D eigenvalue weighted by Gasteiger charge is 2.51. The molecule has 0 atom stereocenters. The van der Waals surface area contributed by atoms with Crippen LogP contribution in [0, 0.1) is 0 Å². The molecule has 652 valence electrons. The molecule has 135 heavy (non-hydrogen) atoms. The van der Waals surface area contributed by atoms with Crippen LogP contribution in [0.4, 0.5) is 5.69 Å². The average Bonchev–Trinajstić information content (AvgIpc) is 1.71. The number of fused-ring (bicyclic) bond motifs is 8. The number of carbonyl (C=O) groups excluding carboxylic acids is 1. The lowest BCUT2D eigenvalue weighted by molar-refractivity contribution is 0.00578. The number of rotatable bonds is 13. The first-order valence-electron chi connectivity index (χ1n) is 43.8. The molecule has 0 aliphatic carbocycles. The molecule has 1 saturated heterocycles. The van der Waals surface area contributed by atoms with E-state index >= 15 is 0 Å². The minimum atomic E-state index is -0.344. The summed E-state index contributed by atoms with van der Waals surface area (Å²) in [5, 5.41) is 8.60. The van der Waals surface area contributed by atoms with Gasteiger partial charge in [0, 0.05) is 136 Å². The van der Waals surface area contributed by atoms with Crippen LogP contribution < -0.4 is 15.9 Å². The molecule has 13 heterocycles. The zero-order valence-corrected chi connectivity index (χ0v) is 77.4. The summed E-state index contributed by atoms with van der Waals surface area (Å²) in [6.07, 6.45) is 16.0. The van der Waals surface area contributed by atoms with E-state index in [0.29, 0.717) is 28.8 Å². The monoisotopic (exact) mass is 1880 g/mol. The average molecular weight is 1890 g/mol. The summed E-state index contributed by atoms with van der Waals surface area (Å²) < 4.78 is 19.3. The number of nitrogen functional groups attached to an aromatic ring is 1. The molecule has 22 aromatic rings. The van der Waals surface area contributed by atoms with Crippen LogP contribution in [-0.2, 0) is 9.31 Å². The predicted octanol–water partition coefficient (Wildman–Crippen LogP) is 26.3. The lowest BCUT2D eigenvalue weighted by Gasteiger charge is -2.32. The van der Waals surface area contributed by atoms with Gasteiger partial charge in [-0.05, 0) is 243 Å². The number of benzene rings is 10. The lowest BCUT2D eigenvalue weighted by atomic mass is 9.78. The van der Waals surface area contributed by atoms with Gasteiger partial charge in [-0.25, -0.2) is 44.9 Å². The van der Waals surface area contributed by atoms with Gasteiger partial charge < -0.3 is 19.8 Å². The van der Waals surface area contributed by atoms with Crippen LogP contribution in [0.3, 0.4) is 0 Å². The number of nitrogens with two attached hydrogens (primary N) is 1. The summed E-state index contributed by atoms with van der Waals surface area (Å²) in [5.74, 6) is 1.90. The Balaban J connectivity index is 0.000000114. The molecule has 12 aromatic heterocycles. The predicted molar refractivity (Wildman–Crippen MR) is 550 cm³/mol. The largest absolute Gasteiger partial charge is 0.495 e. The van der Waals surface area contributed by atoms with Crippen molar-refractivity contribution in [1.82, 2.24) is 69.8 Å². The molecule has 0 saturated carbocycles. The molecular weight excluding hydrogens is 1800 g/mol. The topological polar surface area (TPSA) is 251 Å². The van der Waals surface area contributed by atoms with Crippen LogP contribution in [0.2, 0.25) is 0 Å². The number of Topliss-reactive ketones (excluding diaryl/α,β-unsaturated/α-hetero) is 1. The summed E-state index contributed by atoms with van der Waals surface area (Å²) in [6, 6.07) is 111.